The van der Waals surface area contributed by atoms with Gasteiger partial charge in [0, 0.05) is 43.9 Å². The van der Waals surface area contributed by atoms with E-state index in [4.69, 9.17) is 9.47 Å². The molecule has 1 aliphatic heterocycles. The van der Waals surface area contributed by atoms with Crippen LogP contribution in [0.4, 0.5) is 0 Å². The van der Waals surface area contributed by atoms with E-state index in [0.717, 1.165) is 0 Å². The molecule has 1 fully saturated rings. The summed E-state index contributed by atoms with van der Waals surface area (Å²) in [7, 11) is 0. The normalized spacial score (nSPS) is 19.7. The SMILES string of the molecule is O=C(CCn1ccc(=O)[nH]c1=O)N[C@@H]1COCC[C@H]1Oc1ccccn1. The fourth-order valence-corrected chi connectivity index (χ4v) is 2.69. The van der Waals surface area contributed by atoms with Gasteiger partial charge in [-0.2, -0.15) is 0 Å². The fourth-order valence-electron chi connectivity index (χ4n) is 2.69. The van der Waals surface area contributed by atoms with Gasteiger partial charge in [0.05, 0.1) is 19.3 Å². The van der Waals surface area contributed by atoms with E-state index in [1.807, 2.05) is 6.07 Å². The molecule has 1 saturated heterocycles. The number of carbonyl (C=O) groups excluding carboxylic acids is 1. The Morgan fingerprint density at radius 3 is 3.04 bits per heavy atom. The number of aromatic amines is 1. The average molecular weight is 360 g/mol. The zero-order valence-corrected chi connectivity index (χ0v) is 14.1. The lowest BCUT2D eigenvalue weighted by Crippen LogP contribution is -2.52. The average Bonchev–Trinajstić information content (AvgIpc) is 2.63. The number of carbonyl (C=O) groups is 1. The molecule has 3 heterocycles. The van der Waals surface area contributed by atoms with E-state index in [1.165, 1.54) is 16.8 Å². The molecule has 0 unspecified atom stereocenters. The van der Waals surface area contributed by atoms with Crippen molar-refractivity contribution >= 4 is 5.91 Å². The van der Waals surface area contributed by atoms with Crippen molar-refractivity contribution < 1.29 is 14.3 Å². The predicted octanol–water partition coefficient (Wildman–Crippen LogP) is -0.326. The number of rotatable bonds is 6. The highest BCUT2D eigenvalue weighted by atomic mass is 16.5. The van der Waals surface area contributed by atoms with Gasteiger partial charge in [0.1, 0.15) is 6.10 Å². The Balaban J connectivity index is 1.56. The van der Waals surface area contributed by atoms with Gasteiger partial charge in [-0.05, 0) is 6.07 Å². The second-order valence-corrected chi connectivity index (χ2v) is 5.92. The molecule has 9 heteroatoms. The molecule has 138 valence electrons. The van der Waals surface area contributed by atoms with E-state index in [1.54, 1.807) is 18.3 Å². The number of aryl methyl sites for hydroxylation is 1. The summed E-state index contributed by atoms with van der Waals surface area (Å²) >= 11 is 0. The maximum absolute atomic E-state index is 12.2. The zero-order chi connectivity index (χ0) is 18.4. The Kier molecular flexibility index (Phi) is 5.80. The number of nitrogens with one attached hydrogen (secondary N) is 2. The smallest absolute Gasteiger partial charge is 0.328 e. The van der Waals surface area contributed by atoms with Crippen molar-refractivity contribution in [1.29, 1.82) is 0 Å². The van der Waals surface area contributed by atoms with Gasteiger partial charge in [-0.1, -0.05) is 6.07 Å². The first-order valence-electron chi connectivity index (χ1n) is 8.36. The highest BCUT2D eigenvalue weighted by Crippen LogP contribution is 2.16. The van der Waals surface area contributed by atoms with Gasteiger partial charge >= 0.3 is 5.69 Å². The molecule has 0 radical (unpaired) electrons. The molecular formula is C17H20N4O5. The van der Waals surface area contributed by atoms with E-state index >= 15 is 0 Å². The molecule has 1 aliphatic rings. The van der Waals surface area contributed by atoms with Crippen LogP contribution in [0.3, 0.4) is 0 Å². The van der Waals surface area contributed by atoms with Gasteiger partial charge in [0.2, 0.25) is 11.8 Å². The highest BCUT2D eigenvalue weighted by Gasteiger charge is 2.29. The van der Waals surface area contributed by atoms with Gasteiger partial charge in [0.15, 0.2) is 0 Å². The molecule has 9 nitrogen and oxygen atoms in total. The van der Waals surface area contributed by atoms with Crippen molar-refractivity contribution in [2.75, 3.05) is 13.2 Å². The molecule has 26 heavy (non-hydrogen) atoms. The standard InChI is InChI=1S/C17H20N4O5/c22-14(4-8-21-9-5-15(23)20-17(21)24)19-12-11-25-10-6-13(12)26-16-3-1-2-7-18-16/h1-3,5,7,9,12-13H,4,6,8,10-11H2,(H,19,22)(H,20,23,24)/t12-,13-/m1/s1. The van der Waals surface area contributed by atoms with Gasteiger partial charge in [-0.15, -0.1) is 0 Å². The molecule has 0 aromatic carbocycles. The molecule has 2 N–H and O–H groups in total. The summed E-state index contributed by atoms with van der Waals surface area (Å²) in [6, 6.07) is 6.33. The van der Waals surface area contributed by atoms with Crippen molar-refractivity contribution in [3.05, 3.63) is 57.5 Å². The minimum atomic E-state index is -0.539. The Labute approximate surface area is 149 Å². The lowest BCUT2D eigenvalue weighted by atomic mass is 10.1. The molecule has 2 atom stereocenters. The van der Waals surface area contributed by atoms with E-state index < -0.39 is 11.2 Å². The first kappa shape index (κ1) is 17.9. The summed E-state index contributed by atoms with van der Waals surface area (Å²) in [6.07, 6.45) is 3.51. The predicted molar refractivity (Wildman–Crippen MR) is 92.0 cm³/mol. The third-order valence-electron chi connectivity index (χ3n) is 4.03. The topological polar surface area (TPSA) is 115 Å². The number of aromatic nitrogens is 3. The molecule has 2 aromatic rings. The van der Waals surface area contributed by atoms with Crippen LogP contribution in [0.15, 0.2) is 46.2 Å². The number of H-pyrrole nitrogens is 1. The summed E-state index contributed by atoms with van der Waals surface area (Å²) < 4.78 is 12.6. The van der Waals surface area contributed by atoms with Crippen molar-refractivity contribution in [2.24, 2.45) is 0 Å². The zero-order valence-electron chi connectivity index (χ0n) is 14.1. The Morgan fingerprint density at radius 1 is 1.38 bits per heavy atom. The summed E-state index contributed by atoms with van der Waals surface area (Å²) in [5, 5.41) is 2.89. The van der Waals surface area contributed by atoms with E-state index in [9.17, 15) is 14.4 Å². The second-order valence-electron chi connectivity index (χ2n) is 5.92. The Morgan fingerprint density at radius 2 is 2.27 bits per heavy atom. The lowest BCUT2D eigenvalue weighted by Gasteiger charge is -2.32. The monoisotopic (exact) mass is 360 g/mol. The highest BCUT2D eigenvalue weighted by molar-refractivity contribution is 5.76. The minimum absolute atomic E-state index is 0.0960. The van der Waals surface area contributed by atoms with Crippen LogP contribution in [0.5, 0.6) is 5.88 Å². The molecule has 2 aromatic heterocycles. The summed E-state index contributed by atoms with van der Waals surface area (Å²) in [6.45, 7) is 1.07. The Hall–Kier alpha value is -2.94. The van der Waals surface area contributed by atoms with E-state index in [0.29, 0.717) is 25.5 Å². The molecule has 3 rings (SSSR count). The van der Waals surface area contributed by atoms with E-state index in [2.05, 4.69) is 15.3 Å². The number of ether oxygens (including phenoxy) is 2. The quantitative estimate of drug-likeness (QED) is 0.729. The maximum atomic E-state index is 12.2. The van der Waals surface area contributed by atoms with Crippen LogP contribution in [0.1, 0.15) is 12.8 Å². The molecule has 0 aliphatic carbocycles. The summed E-state index contributed by atoms with van der Waals surface area (Å²) in [5.74, 6) is 0.270. The summed E-state index contributed by atoms with van der Waals surface area (Å²) in [4.78, 5) is 41.2. The van der Waals surface area contributed by atoms with Crippen molar-refractivity contribution in [3.63, 3.8) is 0 Å². The van der Waals surface area contributed by atoms with Crippen molar-refractivity contribution in [2.45, 2.75) is 31.5 Å². The molecule has 0 bridgehead atoms. The third-order valence-corrected chi connectivity index (χ3v) is 4.03. The molecule has 0 saturated carbocycles. The van der Waals surface area contributed by atoms with Gasteiger partial charge in [-0.25, -0.2) is 9.78 Å². The van der Waals surface area contributed by atoms with Crippen LogP contribution < -0.4 is 21.3 Å². The molecule has 0 spiro atoms. The Bertz CT molecular complexity index is 848. The van der Waals surface area contributed by atoms with Gasteiger partial charge in [0.25, 0.3) is 5.56 Å². The summed E-state index contributed by atoms with van der Waals surface area (Å²) in [5.41, 5.74) is -1.01. The second kappa shape index (κ2) is 8.43. The molecule has 1 amide bonds. The van der Waals surface area contributed by atoms with Crippen LogP contribution in [0.25, 0.3) is 0 Å². The minimum Gasteiger partial charge on any atom is -0.472 e. The first-order valence-corrected chi connectivity index (χ1v) is 8.36. The van der Waals surface area contributed by atoms with Crippen LogP contribution in [-0.2, 0) is 16.1 Å². The van der Waals surface area contributed by atoms with Gasteiger partial charge < -0.3 is 19.4 Å². The fraction of sp³-hybridized carbons (Fsp3) is 0.412. The number of hydrogen-bond donors (Lipinski definition) is 2. The van der Waals surface area contributed by atoms with Crippen molar-refractivity contribution in [3.8, 4) is 5.88 Å². The largest absolute Gasteiger partial charge is 0.472 e. The number of nitrogens with zero attached hydrogens (tertiary/aromatic N) is 2. The van der Waals surface area contributed by atoms with Gasteiger partial charge in [-0.3, -0.25) is 14.6 Å². The van der Waals surface area contributed by atoms with Crippen LogP contribution in [0.2, 0.25) is 0 Å². The lowest BCUT2D eigenvalue weighted by molar-refractivity contribution is -0.124. The first-order chi connectivity index (χ1) is 12.6. The maximum Gasteiger partial charge on any atom is 0.328 e. The number of amides is 1. The van der Waals surface area contributed by atoms with Crippen molar-refractivity contribution in [1.82, 2.24) is 19.9 Å². The van der Waals surface area contributed by atoms with Crippen LogP contribution in [-0.4, -0.2) is 45.8 Å². The van der Waals surface area contributed by atoms with Crippen LogP contribution in [0, 0.1) is 0 Å². The number of pyridine rings is 1. The van der Waals surface area contributed by atoms with E-state index in [-0.39, 0.29) is 31.0 Å². The van der Waals surface area contributed by atoms with Crippen LogP contribution >= 0.6 is 0 Å². The third kappa shape index (κ3) is 4.79. The molecular weight excluding hydrogens is 340 g/mol. The number of hydrogen-bond acceptors (Lipinski definition) is 6.